The van der Waals surface area contributed by atoms with Crippen LogP contribution in [0.25, 0.3) is 0 Å². The fourth-order valence-corrected chi connectivity index (χ4v) is 1.05. The molecule has 12 heavy (non-hydrogen) atoms. The molecule has 1 aromatic heterocycles. The Balaban J connectivity index is 2.62. The second kappa shape index (κ2) is 3.53. The molecule has 0 saturated heterocycles. The van der Waals surface area contributed by atoms with Crippen LogP contribution in [0.1, 0.15) is 12.1 Å². The topological polar surface area (TPSA) is 69.9 Å². The third-order valence-electron chi connectivity index (χ3n) is 1.50. The van der Waals surface area contributed by atoms with Crippen LogP contribution in [-0.2, 0) is 6.54 Å². The summed E-state index contributed by atoms with van der Waals surface area (Å²) in [6, 6.07) is 1.82. The average molecular weight is 184 g/mol. The number of hydrogen-bond donors (Lipinski definition) is 2. The van der Waals surface area contributed by atoms with Crippen molar-refractivity contribution in [2.75, 3.05) is 5.73 Å². The second-order valence-electron chi connectivity index (χ2n) is 2.65. The highest BCUT2D eigenvalue weighted by Crippen LogP contribution is 2.05. The number of aromatic nitrogens is 2. The van der Waals surface area contributed by atoms with Crippen molar-refractivity contribution in [1.82, 2.24) is 9.78 Å². The predicted molar refractivity (Wildman–Crippen MR) is 52.8 cm³/mol. The molecule has 1 rings (SSSR count). The first kappa shape index (κ1) is 8.99. The quantitative estimate of drug-likeness (QED) is 0.669. The molecule has 1 heterocycles. The van der Waals surface area contributed by atoms with Gasteiger partial charge in [0.2, 0.25) is 0 Å². The molecule has 4 N–H and O–H groups in total. The van der Waals surface area contributed by atoms with E-state index in [0.717, 1.165) is 5.69 Å². The summed E-state index contributed by atoms with van der Waals surface area (Å²) in [5.74, 6) is 0.656. The molecule has 0 bridgehead atoms. The Bertz CT molecular complexity index is 292. The van der Waals surface area contributed by atoms with Crippen LogP contribution in [0.4, 0.5) is 5.82 Å². The van der Waals surface area contributed by atoms with Crippen LogP contribution in [0.3, 0.4) is 0 Å². The van der Waals surface area contributed by atoms with Gasteiger partial charge in [-0.05, 0) is 6.92 Å². The molecule has 0 spiro atoms. The molecule has 1 aromatic rings. The smallest absolute Gasteiger partial charge is 0.121 e. The normalized spacial score (nSPS) is 10.1. The summed E-state index contributed by atoms with van der Waals surface area (Å²) in [4.78, 5) is 0.488. The molecule has 0 radical (unpaired) electrons. The molecular formula is C7H12N4S. The van der Waals surface area contributed by atoms with Crippen molar-refractivity contribution >= 4 is 23.0 Å². The van der Waals surface area contributed by atoms with Crippen LogP contribution in [0, 0.1) is 6.92 Å². The molecule has 5 heteroatoms. The van der Waals surface area contributed by atoms with Gasteiger partial charge in [-0.2, -0.15) is 5.10 Å². The fraction of sp³-hybridized carbons (Fsp3) is 0.429. The summed E-state index contributed by atoms with van der Waals surface area (Å²) >= 11 is 4.74. The van der Waals surface area contributed by atoms with E-state index >= 15 is 0 Å². The second-order valence-corrected chi connectivity index (χ2v) is 3.17. The summed E-state index contributed by atoms with van der Waals surface area (Å²) in [6.45, 7) is 2.56. The summed E-state index contributed by atoms with van der Waals surface area (Å²) in [5.41, 5.74) is 11.9. The molecule has 0 fully saturated rings. The first-order valence-electron chi connectivity index (χ1n) is 3.68. The summed E-state index contributed by atoms with van der Waals surface area (Å²) < 4.78 is 1.70. The van der Waals surface area contributed by atoms with Gasteiger partial charge in [0.1, 0.15) is 5.82 Å². The van der Waals surface area contributed by atoms with Crippen molar-refractivity contribution in [3.05, 3.63) is 11.8 Å². The van der Waals surface area contributed by atoms with E-state index < -0.39 is 0 Å². The van der Waals surface area contributed by atoms with Crippen LogP contribution < -0.4 is 11.5 Å². The molecule has 0 unspecified atom stereocenters. The van der Waals surface area contributed by atoms with E-state index in [4.69, 9.17) is 23.7 Å². The molecule has 0 aliphatic carbocycles. The minimum absolute atomic E-state index is 0.488. The fourth-order valence-electron chi connectivity index (χ4n) is 0.961. The molecule has 0 atom stereocenters. The van der Waals surface area contributed by atoms with E-state index in [0.29, 0.717) is 23.8 Å². The van der Waals surface area contributed by atoms with Gasteiger partial charge < -0.3 is 11.5 Å². The number of nitrogen functional groups attached to an aromatic ring is 1. The maximum atomic E-state index is 5.64. The first-order valence-corrected chi connectivity index (χ1v) is 4.08. The maximum absolute atomic E-state index is 5.64. The Kier molecular flexibility index (Phi) is 2.65. The SMILES string of the molecule is Cc1cc(N)n(CCC(N)=S)n1. The van der Waals surface area contributed by atoms with Crippen LogP contribution in [0.2, 0.25) is 0 Å². The largest absolute Gasteiger partial charge is 0.393 e. The Hall–Kier alpha value is -1.10. The van der Waals surface area contributed by atoms with Gasteiger partial charge >= 0.3 is 0 Å². The Labute approximate surface area is 76.5 Å². The summed E-state index contributed by atoms with van der Waals surface area (Å²) in [7, 11) is 0. The lowest BCUT2D eigenvalue weighted by Gasteiger charge is -2.01. The third kappa shape index (κ3) is 2.20. The van der Waals surface area contributed by atoms with Crippen LogP contribution in [0.5, 0.6) is 0 Å². The molecule has 66 valence electrons. The lowest BCUT2D eigenvalue weighted by atomic mass is 10.4. The van der Waals surface area contributed by atoms with Crippen molar-refractivity contribution in [3.63, 3.8) is 0 Å². The molecule has 0 saturated carbocycles. The number of rotatable bonds is 3. The molecule has 0 aliphatic rings. The van der Waals surface area contributed by atoms with Crippen LogP contribution in [0.15, 0.2) is 6.07 Å². The minimum Gasteiger partial charge on any atom is -0.393 e. The van der Waals surface area contributed by atoms with E-state index in [1.54, 1.807) is 4.68 Å². The highest BCUT2D eigenvalue weighted by molar-refractivity contribution is 7.80. The highest BCUT2D eigenvalue weighted by atomic mass is 32.1. The van der Waals surface area contributed by atoms with E-state index in [1.807, 2.05) is 13.0 Å². The van der Waals surface area contributed by atoms with E-state index in [1.165, 1.54) is 0 Å². The lowest BCUT2D eigenvalue weighted by Crippen LogP contribution is -2.13. The number of nitrogens with zero attached hydrogens (tertiary/aromatic N) is 2. The standard InChI is InChI=1S/C7H12N4S/c1-5-4-6(8)11(10-5)3-2-7(9)12/h4H,2-3,8H2,1H3,(H2,9,12). The van der Waals surface area contributed by atoms with Gasteiger partial charge in [-0.1, -0.05) is 12.2 Å². The minimum atomic E-state index is 0.488. The van der Waals surface area contributed by atoms with Crippen LogP contribution >= 0.6 is 12.2 Å². The van der Waals surface area contributed by atoms with Gasteiger partial charge in [0.15, 0.2) is 0 Å². The zero-order valence-corrected chi connectivity index (χ0v) is 7.77. The van der Waals surface area contributed by atoms with Crippen molar-refractivity contribution in [2.45, 2.75) is 19.9 Å². The van der Waals surface area contributed by atoms with E-state index in [9.17, 15) is 0 Å². The van der Waals surface area contributed by atoms with Gasteiger partial charge in [-0.25, -0.2) is 4.68 Å². The molecule has 0 aliphatic heterocycles. The number of hydrogen-bond acceptors (Lipinski definition) is 3. The molecule has 4 nitrogen and oxygen atoms in total. The highest BCUT2D eigenvalue weighted by Gasteiger charge is 2.00. The molecular weight excluding hydrogens is 172 g/mol. The summed E-state index contributed by atoms with van der Waals surface area (Å²) in [5, 5.41) is 4.16. The maximum Gasteiger partial charge on any atom is 0.121 e. The van der Waals surface area contributed by atoms with Gasteiger partial charge in [-0.15, -0.1) is 0 Å². The Morgan fingerprint density at radius 3 is 2.83 bits per heavy atom. The Morgan fingerprint density at radius 1 is 1.75 bits per heavy atom. The van der Waals surface area contributed by atoms with Crippen molar-refractivity contribution < 1.29 is 0 Å². The van der Waals surface area contributed by atoms with Gasteiger partial charge in [0.05, 0.1) is 10.7 Å². The third-order valence-corrected chi connectivity index (χ3v) is 1.71. The molecule has 0 amide bonds. The summed E-state index contributed by atoms with van der Waals surface area (Å²) in [6.07, 6.45) is 0.640. The monoisotopic (exact) mass is 184 g/mol. The molecule has 0 aromatic carbocycles. The van der Waals surface area contributed by atoms with Crippen LogP contribution in [-0.4, -0.2) is 14.8 Å². The van der Waals surface area contributed by atoms with Gasteiger partial charge in [0.25, 0.3) is 0 Å². The Morgan fingerprint density at radius 2 is 2.42 bits per heavy atom. The van der Waals surface area contributed by atoms with Gasteiger partial charge in [0, 0.05) is 19.0 Å². The number of thiocarbonyl (C=S) groups is 1. The zero-order valence-electron chi connectivity index (χ0n) is 6.95. The van der Waals surface area contributed by atoms with E-state index in [2.05, 4.69) is 5.10 Å². The van der Waals surface area contributed by atoms with E-state index in [-0.39, 0.29) is 0 Å². The van der Waals surface area contributed by atoms with Crippen molar-refractivity contribution in [3.8, 4) is 0 Å². The first-order chi connectivity index (χ1) is 5.59. The van der Waals surface area contributed by atoms with Gasteiger partial charge in [-0.3, -0.25) is 0 Å². The lowest BCUT2D eigenvalue weighted by molar-refractivity contribution is 0.638. The predicted octanol–water partition coefficient (Wildman–Crippen LogP) is 0.450. The van der Waals surface area contributed by atoms with Crippen molar-refractivity contribution in [2.24, 2.45) is 5.73 Å². The number of anilines is 1. The average Bonchev–Trinajstić information content (AvgIpc) is 2.26. The number of nitrogens with two attached hydrogens (primary N) is 2. The zero-order chi connectivity index (χ0) is 9.14. The number of aryl methyl sites for hydroxylation is 2. The van der Waals surface area contributed by atoms with Crippen molar-refractivity contribution in [1.29, 1.82) is 0 Å².